The molecule has 5 heteroatoms. The Hall–Kier alpha value is -1.67. The summed E-state index contributed by atoms with van der Waals surface area (Å²) >= 11 is 0. The number of nitrogens with zero attached hydrogens (tertiary/aromatic N) is 4. The van der Waals surface area contributed by atoms with Gasteiger partial charge in [0.15, 0.2) is 5.82 Å². The summed E-state index contributed by atoms with van der Waals surface area (Å²) in [5.74, 6) is 1.42. The summed E-state index contributed by atoms with van der Waals surface area (Å²) in [5.41, 5.74) is 2.46. The van der Waals surface area contributed by atoms with Gasteiger partial charge in [-0.25, -0.2) is 0 Å². The zero-order valence-corrected chi connectivity index (χ0v) is 12.8. The molecular formula is C16H22N4O. The van der Waals surface area contributed by atoms with Crippen LogP contribution in [0.5, 0.6) is 0 Å². The third-order valence-electron chi connectivity index (χ3n) is 4.88. The Bertz CT molecular complexity index is 552. The lowest BCUT2D eigenvalue weighted by molar-refractivity contribution is 0.0531. The Morgan fingerprint density at radius 1 is 1.19 bits per heavy atom. The van der Waals surface area contributed by atoms with Gasteiger partial charge in [0.2, 0.25) is 0 Å². The van der Waals surface area contributed by atoms with Crippen molar-refractivity contribution >= 4 is 5.82 Å². The minimum Gasteiger partial charge on any atom is -0.378 e. The van der Waals surface area contributed by atoms with Crippen molar-refractivity contribution < 1.29 is 4.74 Å². The number of rotatable bonds is 2. The highest BCUT2D eigenvalue weighted by molar-refractivity contribution is 5.57. The van der Waals surface area contributed by atoms with Crippen LogP contribution in [0.3, 0.4) is 0 Å². The van der Waals surface area contributed by atoms with Crippen LogP contribution in [0.2, 0.25) is 0 Å². The lowest BCUT2D eigenvalue weighted by Crippen LogP contribution is -2.38. The highest BCUT2D eigenvalue weighted by Crippen LogP contribution is 2.31. The van der Waals surface area contributed by atoms with Crippen LogP contribution in [0.15, 0.2) is 0 Å². The Balaban J connectivity index is 1.72. The molecule has 0 radical (unpaired) electrons. The minimum atomic E-state index is 0.452. The average molecular weight is 286 g/mol. The standard InChI is InChI=1S/C16H22N4O/c1-11-12(2)18-19-16(14(11)10-17)20-7-5-13(6-8-20)15-4-3-9-21-15/h13,15H,3-9H2,1-2H3. The summed E-state index contributed by atoms with van der Waals surface area (Å²) in [4.78, 5) is 2.21. The smallest absolute Gasteiger partial charge is 0.169 e. The lowest BCUT2D eigenvalue weighted by Gasteiger charge is -2.35. The molecule has 0 saturated carbocycles. The van der Waals surface area contributed by atoms with E-state index < -0.39 is 0 Å². The highest BCUT2D eigenvalue weighted by Gasteiger charge is 2.30. The molecular weight excluding hydrogens is 264 g/mol. The van der Waals surface area contributed by atoms with Crippen LogP contribution in [0.4, 0.5) is 5.82 Å². The van der Waals surface area contributed by atoms with E-state index in [-0.39, 0.29) is 0 Å². The number of hydrogen-bond donors (Lipinski definition) is 0. The molecule has 1 aromatic heterocycles. The molecule has 0 bridgehead atoms. The van der Waals surface area contributed by atoms with E-state index in [4.69, 9.17) is 4.74 Å². The maximum Gasteiger partial charge on any atom is 0.169 e. The van der Waals surface area contributed by atoms with Gasteiger partial charge >= 0.3 is 0 Å². The van der Waals surface area contributed by atoms with Crippen molar-refractivity contribution in [3.05, 3.63) is 16.8 Å². The number of anilines is 1. The van der Waals surface area contributed by atoms with Gasteiger partial charge in [-0.05, 0) is 51.0 Å². The van der Waals surface area contributed by atoms with Crippen LogP contribution in [0, 0.1) is 31.1 Å². The molecule has 1 unspecified atom stereocenters. The molecule has 2 aliphatic heterocycles. The SMILES string of the molecule is Cc1nnc(N2CCC(C3CCCO3)CC2)c(C#N)c1C. The maximum atomic E-state index is 9.41. The van der Waals surface area contributed by atoms with Gasteiger partial charge in [0.1, 0.15) is 11.6 Å². The average Bonchev–Trinajstić information content (AvgIpc) is 3.04. The van der Waals surface area contributed by atoms with Gasteiger partial charge in [0.25, 0.3) is 0 Å². The number of piperidine rings is 1. The normalized spacial score (nSPS) is 23.3. The van der Waals surface area contributed by atoms with E-state index in [1.807, 2.05) is 13.8 Å². The molecule has 0 aromatic carbocycles. The molecule has 0 N–H and O–H groups in total. The Morgan fingerprint density at radius 2 is 1.95 bits per heavy atom. The second-order valence-electron chi connectivity index (χ2n) is 6.10. The highest BCUT2D eigenvalue weighted by atomic mass is 16.5. The number of nitriles is 1. The minimum absolute atomic E-state index is 0.452. The van der Waals surface area contributed by atoms with Crippen molar-refractivity contribution in [1.82, 2.24) is 10.2 Å². The zero-order chi connectivity index (χ0) is 14.8. The topological polar surface area (TPSA) is 62.0 Å². The van der Waals surface area contributed by atoms with Crippen LogP contribution < -0.4 is 4.90 Å². The lowest BCUT2D eigenvalue weighted by atomic mass is 9.89. The number of aromatic nitrogens is 2. The fraction of sp³-hybridized carbons (Fsp3) is 0.688. The summed E-state index contributed by atoms with van der Waals surface area (Å²) in [6, 6.07) is 2.30. The first kappa shape index (κ1) is 14.3. The summed E-state index contributed by atoms with van der Waals surface area (Å²) in [6.45, 7) is 6.65. The van der Waals surface area contributed by atoms with E-state index in [1.165, 1.54) is 12.8 Å². The van der Waals surface area contributed by atoms with Gasteiger partial charge in [0.05, 0.1) is 11.8 Å². The number of ether oxygens (including phenoxy) is 1. The molecule has 2 saturated heterocycles. The van der Waals surface area contributed by atoms with Crippen LogP contribution in [-0.2, 0) is 4.74 Å². The van der Waals surface area contributed by atoms with Crippen LogP contribution in [0.25, 0.3) is 0 Å². The number of hydrogen-bond acceptors (Lipinski definition) is 5. The molecule has 2 aliphatic rings. The zero-order valence-electron chi connectivity index (χ0n) is 12.8. The fourth-order valence-corrected chi connectivity index (χ4v) is 3.41. The summed E-state index contributed by atoms with van der Waals surface area (Å²) in [5, 5.41) is 17.9. The molecule has 3 heterocycles. The summed E-state index contributed by atoms with van der Waals surface area (Å²) < 4.78 is 5.81. The van der Waals surface area contributed by atoms with Gasteiger partial charge in [-0.15, -0.1) is 5.10 Å². The van der Waals surface area contributed by atoms with Gasteiger partial charge in [-0.1, -0.05) is 0 Å². The van der Waals surface area contributed by atoms with Crippen LogP contribution >= 0.6 is 0 Å². The Labute approximate surface area is 125 Å². The van der Waals surface area contributed by atoms with E-state index in [1.54, 1.807) is 0 Å². The molecule has 21 heavy (non-hydrogen) atoms. The first-order chi connectivity index (χ1) is 10.2. The third-order valence-corrected chi connectivity index (χ3v) is 4.88. The second kappa shape index (κ2) is 5.98. The van der Waals surface area contributed by atoms with Gasteiger partial charge in [0, 0.05) is 19.7 Å². The van der Waals surface area contributed by atoms with E-state index in [0.717, 1.165) is 49.6 Å². The first-order valence-electron chi connectivity index (χ1n) is 7.81. The molecule has 1 aromatic rings. The van der Waals surface area contributed by atoms with Crippen molar-refractivity contribution in [1.29, 1.82) is 5.26 Å². The van der Waals surface area contributed by atoms with E-state index >= 15 is 0 Å². The van der Waals surface area contributed by atoms with Crippen LogP contribution in [-0.4, -0.2) is 36.0 Å². The summed E-state index contributed by atoms with van der Waals surface area (Å²) in [7, 11) is 0. The molecule has 112 valence electrons. The largest absolute Gasteiger partial charge is 0.378 e. The first-order valence-corrected chi connectivity index (χ1v) is 7.81. The van der Waals surface area contributed by atoms with E-state index in [2.05, 4.69) is 21.2 Å². The maximum absolute atomic E-state index is 9.41. The van der Waals surface area contributed by atoms with Crippen LogP contribution in [0.1, 0.15) is 42.5 Å². The van der Waals surface area contributed by atoms with Gasteiger partial charge < -0.3 is 9.64 Å². The van der Waals surface area contributed by atoms with Crippen molar-refractivity contribution in [3.63, 3.8) is 0 Å². The predicted octanol–water partition coefficient (Wildman–Crippen LogP) is 2.36. The van der Waals surface area contributed by atoms with Crippen molar-refractivity contribution in [2.24, 2.45) is 5.92 Å². The van der Waals surface area contributed by atoms with E-state index in [0.29, 0.717) is 17.6 Å². The Morgan fingerprint density at radius 3 is 2.57 bits per heavy atom. The third kappa shape index (κ3) is 2.73. The second-order valence-corrected chi connectivity index (χ2v) is 6.10. The van der Waals surface area contributed by atoms with Crippen molar-refractivity contribution in [3.8, 4) is 6.07 Å². The molecule has 0 spiro atoms. The molecule has 5 nitrogen and oxygen atoms in total. The predicted molar refractivity (Wildman–Crippen MR) is 80.1 cm³/mol. The molecule has 1 atom stereocenters. The van der Waals surface area contributed by atoms with Gasteiger partial charge in [-0.3, -0.25) is 0 Å². The summed E-state index contributed by atoms with van der Waals surface area (Å²) in [6.07, 6.45) is 5.09. The van der Waals surface area contributed by atoms with Crippen molar-refractivity contribution in [2.45, 2.75) is 45.6 Å². The fourth-order valence-electron chi connectivity index (χ4n) is 3.41. The van der Waals surface area contributed by atoms with Gasteiger partial charge in [-0.2, -0.15) is 10.4 Å². The quantitative estimate of drug-likeness (QED) is 0.835. The Kier molecular flexibility index (Phi) is 4.07. The van der Waals surface area contributed by atoms with E-state index in [9.17, 15) is 5.26 Å². The molecule has 0 amide bonds. The monoisotopic (exact) mass is 286 g/mol. The molecule has 2 fully saturated rings. The molecule has 0 aliphatic carbocycles. The number of aryl methyl sites for hydroxylation is 1. The molecule has 3 rings (SSSR count). The van der Waals surface area contributed by atoms with Crippen molar-refractivity contribution in [2.75, 3.05) is 24.6 Å².